The first-order valence-electron chi connectivity index (χ1n) is 14.1. The molecular weight excluding hydrogens is 522 g/mol. The second-order valence-electron chi connectivity index (χ2n) is 11.1. The number of carbonyl (C=O) groups excluding carboxylic acids is 3. The minimum Gasteiger partial charge on any atom is -0.371 e. The van der Waals surface area contributed by atoms with Gasteiger partial charge in [-0.2, -0.15) is 0 Å². The summed E-state index contributed by atoms with van der Waals surface area (Å²) in [6.07, 6.45) is 3.17. The molecule has 1 aromatic heterocycles. The third-order valence-corrected chi connectivity index (χ3v) is 9.55. The highest BCUT2D eigenvalue weighted by molar-refractivity contribution is 7.09. The van der Waals surface area contributed by atoms with Gasteiger partial charge in [-0.15, -0.1) is 11.3 Å². The zero-order valence-electron chi connectivity index (χ0n) is 23.3. The molecule has 1 unspecified atom stereocenters. The molecule has 0 bridgehead atoms. The van der Waals surface area contributed by atoms with Gasteiger partial charge in [-0.05, 0) is 62.9 Å². The summed E-state index contributed by atoms with van der Waals surface area (Å²) in [5.74, 6) is -0.305. The molecule has 40 heavy (non-hydrogen) atoms. The van der Waals surface area contributed by atoms with E-state index in [1.54, 1.807) is 12.3 Å². The highest BCUT2D eigenvalue weighted by Gasteiger charge is 2.42. The van der Waals surface area contributed by atoms with Crippen LogP contribution in [0.15, 0.2) is 48.0 Å². The van der Waals surface area contributed by atoms with Crippen LogP contribution in [-0.4, -0.2) is 71.8 Å². The van der Waals surface area contributed by atoms with Crippen LogP contribution in [0.25, 0.3) is 0 Å². The Morgan fingerprint density at radius 1 is 0.925 bits per heavy atom. The molecular formula is C31H35N5O3S. The lowest BCUT2D eigenvalue weighted by Crippen LogP contribution is -2.52. The summed E-state index contributed by atoms with van der Waals surface area (Å²) in [4.78, 5) is 52.5. The quantitative estimate of drug-likeness (QED) is 0.424. The van der Waals surface area contributed by atoms with Crippen LogP contribution >= 0.6 is 11.3 Å². The van der Waals surface area contributed by atoms with Gasteiger partial charge in [-0.1, -0.05) is 18.2 Å². The molecule has 0 spiro atoms. The number of anilines is 2. The van der Waals surface area contributed by atoms with E-state index in [1.165, 1.54) is 33.1 Å². The Morgan fingerprint density at radius 2 is 1.65 bits per heavy atom. The number of aryl methyl sites for hydroxylation is 2. The molecule has 3 amide bonds. The fourth-order valence-corrected chi connectivity index (χ4v) is 6.99. The summed E-state index contributed by atoms with van der Waals surface area (Å²) in [5, 5.41) is 2.59. The number of fused-ring (bicyclic) bond motifs is 1. The van der Waals surface area contributed by atoms with Crippen LogP contribution in [0.3, 0.4) is 0 Å². The summed E-state index contributed by atoms with van der Waals surface area (Å²) in [6.45, 7) is 10.6. The predicted octanol–water partition coefficient (Wildman–Crippen LogP) is 4.68. The molecule has 3 aliphatic rings. The molecule has 0 radical (unpaired) electrons. The number of hydrogen-bond donors (Lipinski definition) is 0. The van der Waals surface area contributed by atoms with Gasteiger partial charge in [0, 0.05) is 62.5 Å². The van der Waals surface area contributed by atoms with Gasteiger partial charge in [-0.3, -0.25) is 19.3 Å². The Hall–Kier alpha value is -3.72. The van der Waals surface area contributed by atoms with Gasteiger partial charge < -0.3 is 14.7 Å². The average molecular weight is 558 g/mol. The maximum Gasteiger partial charge on any atom is 0.264 e. The third kappa shape index (κ3) is 4.66. The van der Waals surface area contributed by atoms with Gasteiger partial charge in [0.05, 0.1) is 22.9 Å². The Kier molecular flexibility index (Phi) is 7.08. The molecule has 2 saturated heterocycles. The summed E-state index contributed by atoms with van der Waals surface area (Å²) in [5.41, 5.74) is 5.50. The van der Waals surface area contributed by atoms with Gasteiger partial charge in [-0.25, -0.2) is 4.98 Å². The van der Waals surface area contributed by atoms with Crippen LogP contribution in [0.5, 0.6) is 0 Å². The summed E-state index contributed by atoms with van der Waals surface area (Å²) in [6, 6.07) is 11.6. The summed E-state index contributed by atoms with van der Waals surface area (Å²) in [7, 11) is 0. The SMILES string of the molecule is Cc1ccc(C)c(N2CCN(C(=O)C3CCN(c4cccc5c4C(=O)N(C(C)c4nccs4)C5=O)CC3)CC2)c1. The number of thiazole rings is 1. The second-order valence-corrected chi connectivity index (χ2v) is 12.0. The van der Waals surface area contributed by atoms with E-state index in [-0.39, 0.29) is 23.6 Å². The average Bonchev–Trinajstić information content (AvgIpc) is 3.61. The lowest BCUT2D eigenvalue weighted by molar-refractivity contribution is -0.136. The number of amides is 3. The number of carbonyl (C=O) groups is 3. The van der Waals surface area contributed by atoms with Crippen LogP contribution in [-0.2, 0) is 4.79 Å². The Labute approximate surface area is 239 Å². The van der Waals surface area contributed by atoms with Crippen molar-refractivity contribution >= 4 is 40.4 Å². The van der Waals surface area contributed by atoms with E-state index >= 15 is 0 Å². The van der Waals surface area contributed by atoms with Gasteiger partial charge in [0.15, 0.2) is 0 Å². The number of piperidine rings is 1. The maximum absolute atomic E-state index is 13.5. The molecule has 2 fully saturated rings. The number of hydrogen-bond acceptors (Lipinski definition) is 7. The van der Waals surface area contributed by atoms with Crippen LogP contribution in [0, 0.1) is 19.8 Å². The Balaban J connectivity index is 1.09. The van der Waals surface area contributed by atoms with Crippen LogP contribution in [0.1, 0.15) is 62.7 Å². The normalized spacial score (nSPS) is 18.9. The molecule has 4 heterocycles. The van der Waals surface area contributed by atoms with Crippen LogP contribution in [0.2, 0.25) is 0 Å². The molecule has 3 aliphatic heterocycles. The standard InChI is InChI=1S/C31H35N5O3S/c1-20-7-8-21(2)26(19-20)34-14-16-35(17-15-34)29(37)23-9-12-33(13-10-23)25-6-4-5-24-27(25)31(39)36(30(24)38)22(3)28-32-11-18-40-28/h4-8,11,18-19,22-23H,9-10,12-17H2,1-3H3. The minimum absolute atomic E-state index is 0.0148. The predicted molar refractivity (Wildman–Crippen MR) is 157 cm³/mol. The first-order valence-corrected chi connectivity index (χ1v) is 15.0. The molecule has 8 nitrogen and oxygen atoms in total. The number of imide groups is 1. The van der Waals surface area contributed by atoms with E-state index in [0.29, 0.717) is 24.2 Å². The number of nitrogens with zero attached hydrogens (tertiary/aromatic N) is 5. The zero-order valence-corrected chi connectivity index (χ0v) is 24.1. The molecule has 0 N–H and O–H groups in total. The largest absolute Gasteiger partial charge is 0.371 e. The van der Waals surface area contributed by atoms with Crippen molar-refractivity contribution in [3.8, 4) is 0 Å². The highest BCUT2D eigenvalue weighted by Crippen LogP contribution is 2.38. The smallest absolute Gasteiger partial charge is 0.264 e. The van der Waals surface area contributed by atoms with Crippen molar-refractivity contribution in [3.05, 3.63) is 75.2 Å². The first kappa shape index (κ1) is 26.5. The van der Waals surface area contributed by atoms with Crippen LogP contribution in [0.4, 0.5) is 11.4 Å². The second kappa shape index (κ2) is 10.7. The van der Waals surface area contributed by atoms with Crippen molar-refractivity contribution in [1.82, 2.24) is 14.8 Å². The molecule has 0 saturated carbocycles. The van der Waals surface area contributed by atoms with Crippen molar-refractivity contribution < 1.29 is 14.4 Å². The van der Waals surface area contributed by atoms with Crippen molar-refractivity contribution in [2.75, 3.05) is 49.1 Å². The number of benzene rings is 2. The number of aromatic nitrogens is 1. The maximum atomic E-state index is 13.5. The van der Waals surface area contributed by atoms with Gasteiger partial charge in [0.2, 0.25) is 5.91 Å². The van der Waals surface area contributed by atoms with E-state index in [4.69, 9.17) is 0 Å². The lowest BCUT2D eigenvalue weighted by atomic mass is 9.93. The van der Waals surface area contributed by atoms with Crippen LogP contribution < -0.4 is 9.80 Å². The van der Waals surface area contributed by atoms with E-state index in [1.807, 2.05) is 29.3 Å². The Bertz CT molecular complexity index is 1440. The molecule has 208 valence electrons. The molecule has 6 rings (SSSR count). The molecule has 9 heteroatoms. The van der Waals surface area contributed by atoms with E-state index in [9.17, 15) is 14.4 Å². The first-order chi connectivity index (χ1) is 19.3. The molecule has 0 aliphatic carbocycles. The van der Waals surface area contributed by atoms with E-state index < -0.39 is 6.04 Å². The van der Waals surface area contributed by atoms with E-state index in [0.717, 1.165) is 49.7 Å². The van der Waals surface area contributed by atoms with E-state index in [2.05, 4.69) is 46.8 Å². The molecule has 2 aromatic carbocycles. The van der Waals surface area contributed by atoms with Crippen molar-refractivity contribution in [2.24, 2.45) is 5.92 Å². The van der Waals surface area contributed by atoms with Gasteiger partial charge in [0.1, 0.15) is 5.01 Å². The third-order valence-electron chi connectivity index (χ3n) is 8.60. The fourth-order valence-electron chi connectivity index (χ4n) is 6.31. The van der Waals surface area contributed by atoms with Crippen molar-refractivity contribution in [3.63, 3.8) is 0 Å². The summed E-state index contributed by atoms with van der Waals surface area (Å²) < 4.78 is 0. The monoisotopic (exact) mass is 557 g/mol. The lowest BCUT2D eigenvalue weighted by Gasteiger charge is -2.40. The fraction of sp³-hybridized carbons (Fsp3) is 0.419. The number of rotatable bonds is 5. The molecule has 1 atom stereocenters. The highest BCUT2D eigenvalue weighted by atomic mass is 32.1. The van der Waals surface area contributed by atoms with Crippen molar-refractivity contribution in [1.29, 1.82) is 0 Å². The Morgan fingerprint density at radius 3 is 2.35 bits per heavy atom. The van der Waals surface area contributed by atoms with Gasteiger partial charge >= 0.3 is 0 Å². The minimum atomic E-state index is -0.418. The van der Waals surface area contributed by atoms with Gasteiger partial charge in [0.25, 0.3) is 11.8 Å². The molecule has 3 aromatic rings. The topological polar surface area (TPSA) is 77.1 Å². The summed E-state index contributed by atoms with van der Waals surface area (Å²) >= 11 is 1.44. The number of piperazine rings is 1. The van der Waals surface area contributed by atoms with Crippen molar-refractivity contribution in [2.45, 2.75) is 39.7 Å². The zero-order chi connectivity index (χ0) is 28.0.